The van der Waals surface area contributed by atoms with Gasteiger partial charge in [-0.2, -0.15) is 6.61 Å². The molecule has 2 aliphatic rings. The molecule has 0 aromatic carbocycles. The average Bonchev–Trinajstić information content (AvgIpc) is 2.60. The largest absolute Gasteiger partial charge is 0.541 e. The molecule has 0 saturated carbocycles. The third-order valence-electron chi connectivity index (χ3n) is 3.23. The van der Waals surface area contributed by atoms with Crippen molar-refractivity contribution in [3.05, 3.63) is 6.61 Å². The fourth-order valence-corrected chi connectivity index (χ4v) is 2.06. The van der Waals surface area contributed by atoms with Gasteiger partial charge in [-0.25, -0.2) is 0 Å². The molecule has 4 atom stereocenters. The second-order valence-electron chi connectivity index (χ2n) is 3.65. The van der Waals surface area contributed by atoms with Gasteiger partial charge in [0.25, 0.3) is 0 Å². The maximum atomic E-state index is 5.63. The van der Waals surface area contributed by atoms with Crippen LogP contribution in [-0.2, 0) is 14.2 Å². The van der Waals surface area contributed by atoms with Crippen molar-refractivity contribution in [2.75, 3.05) is 13.7 Å². The minimum Gasteiger partial charge on any atom is -0.541 e. The van der Waals surface area contributed by atoms with Gasteiger partial charge in [0.05, 0.1) is 18.3 Å². The molecule has 2 heterocycles. The standard InChI is InChI=1S/C9H15O3.U/c1-6-8-4-12-9(6,5-11-8)7(2)10-3;/h4,6-8H,5H2,1-3H3;/q-1;/t6-,7?,8-,9-;/m0./s1. The van der Waals surface area contributed by atoms with E-state index in [1.165, 1.54) is 0 Å². The van der Waals surface area contributed by atoms with Crippen LogP contribution in [-0.4, -0.2) is 31.5 Å². The normalized spacial score (nSPS) is 44.5. The maximum Gasteiger partial charge on any atom is 0.0877 e. The van der Waals surface area contributed by atoms with E-state index in [0.717, 1.165) is 0 Å². The SMILES string of the molecule is COC(C)[C@@]12CO[C@@H]([CH-]O1)[C@@H]2C.[U]. The molecule has 0 radical (unpaired) electrons. The molecule has 2 saturated heterocycles. The van der Waals surface area contributed by atoms with Crippen molar-refractivity contribution in [1.82, 2.24) is 0 Å². The molecule has 0 aromatic rings. The second-order valence-corrected chi connectivity index (χ2v) is 3.65. The Balaban J connectivity index is 0.000000845. The first kappa shape index (κ1) is 12.0. The van der Waals surface area contributed by atoms with Crippen molar-refractivity contribution in [3.8, 4) is 0 Å². The van der Waals surface area contributed by atoms with Crippen LogP contribution in [0.25, 0.3) is 0 Å². The van der Waals surface area contributed by atoms with Crippen LogP contribution in [0, 0.1) is 43.6 Å². The van der Waals surface area contributed by atoms with Gasteiger partial charge in [0, 0.05) is 38.2 Å². The summed E-state index contributed by atoms with van der Waals surface area (Å²) in [6, 6.07) is 0. The van der Waals surface area contributed by atoms with Crippen LogP contribution in [0.2, 0.25) is 0 Å². The molecule has 2 fully saturated rings. The van der Waals surface area contributed by atoms with E-state index >= 15 is 0 Å². The van der Waals surface area contributed by atoms with Gasteiger partial charge in [-0.05, 0) is 18.9 Å². The van der Waals surface area contributed by atoms with Gasteiger partial charge in [0.2, 0.25) is 0 Å². The van der Waals surface area contributed by atoms with Crippen molar-refractivity contribution in [2.24, 2.45) is 5.92 Å². The molecule has 0 N–H and O–H groups in total. The summed E-state index contributed by atoms with van der Waals surface area (Å²) in [5, 5.41) is 0. The summed E-state index contributed by atoms with van der Waals surface area (Å²) in [4.78, 5) is 0. The monoisotopic (exact) mass is 409 g/mol. The molecule has 2 bridgehead atoms. The van der Waals surface area contributed by atoms with Gasteiger partial charge in [-0.1, -0.05) is 6.92 Å². The van der Waals surface area contributed by atoms with E-state index in [4.69, 9.17) is 14.2 Å². The number of ether oxygens (including phenoxy) is 3. The Hall–Kier alpha value is 0.932. The van der Waals surface area contributed by atoms with Gasteiger partial charge in [0.15, 0.2) is 0 Å². The van der Waals surface area contributed by atoms with Crippen LogP contribution in [0.4, 0.5) is 0 Å². The number of rotatable bonds is 2. The van der Waals surface area contributed by atoms with Crippen molar-refractivity contribution in [3.63, 3.8) is 0 Å². The van der Waals surface area contributed by atoms with E-state index in [9.17, 15) is 0 Å². The molecule has 2 rings (SSSR count). The Morgan fingerprint density at radius 3 is 2.62 bits per heavy atom. The summed E-state index contributed by atoms with van der Waals surface area (Å²) in [5.74, 6) is 0.410. The Labute approximate surface area is 103 Å². The zero-order chi connectivity index (χ0) is 8.77. The fourth-order valence-electron chi connectivity index (χ4n) is 2.06. The van der Waals surface area contributed by atoms with Gasteiger partial charge in [0.1, 0.15) is 0 Å². The van der Waals surface area contributed by atoms with Crippen LogP contribution in [0.3, 0.4) is 0 Å². The fraction of sp³-hybridized carbons (Fsp3) is 0.889. The quantitative estimate of drug-likeness (QED) is 0.637. The number of hydrogen-bond acceptors (Lipinski definition) is 3. The molecule has 1 unspecified atom stereocenters. The summed E-state index contributed by atoms with van der Waals surface area (Å²) in [7, 11) is 1.71. The molecule has 2 aliphatic heterocycles. The second kappa shape index (κ2) is 4.20. The molecule has 3 nitrogen and oxygen atoms in total. The summed E-state index contributed by atoms with van der Waals surface area (Å²) >= 11 is 0. The first-order valence-electron chi connectivity index (χ1n) is 4.36. The van der Waals surface area contributed by atoms with Crippen LogP contribution in [0.15, 0.2) is 0 Å². The van der Waals surface area contributed by atoms with Gasteiger partial charge in [-0.3, -0.25) is 0 Å². The van der Waals surface area contributed by atoms with Gasteiger partial charge < -0.3 is 14.2 Å². The van der Waals surface area contributed by atoms with Crippen molar-refractivity contribution in [2.45, 2.75) is 31.7 Å². The molecular weight excluding hydrogens is 394 g/mol. The van der Waals surface area contributed by atoms with Crippen molar-refractivity contribution in [1.29, 1.82) is 0 Å². The summed E-state index contributed by atoms with van der Waals surface area (Å²) in [6.07, 6.45) is 0.263. The minimum absolute atomic E-state index is 0. The molecule has 0 amide bonds. The van der Waals surface area contributed by atoms with Crippen LogP contribution in [0.1, 0.15) is 13.8 Å². The third kappa shape index (κ3) is 1.62. The van der Waals surface area contributed by atoms with E-state index in [-0.39, 0.29) is 48.9 Å². The van der Waals surface area contributed by atoms with Crippen LogP contribution >= 0.6 is 0 Å². The third-order valence-corrected chi connectivity index (χ3v) is 3.23. The predicted molar refractivity (Wildman–Crippen MR) is 43.5 cm³/mol. The van der Waals surface area contributed by atoms with E-state index in [2.05, 4.69) is 6.92 Å². The Morgan fingerprint density at radius 2 is 2.31 bits per heavy atom. The van der Waals surface area contributed by atoms with Crippen molar-refractivity contribution >= 4 is 0 Å². The van der Waals surface area contributed by atoms with E-state index in [0.29, 0.717) is 12.5 Å². The smallest absolute Gasteiger partial charge is 0.0877 e. The molecule has 0 aliphatic carbocycles. The zero-order valence-electron chi connectivity index (χ0n) is 8.24. The van der Waals surface area contributed by atoms with E-state index in [1.54, 1.807) is 13.7 Å². The maximum absolute atomic E-state index is 5.63. The van der Waals surface area contributed by atoms with Gasteiger partial charge in [-0.15, -0.1) is 0 Å². The van der Waals surface area contributed by atoms with Gasteiger partial charge >= 0.3 is 0 Å². The number of fused-ring (bicyclic) bond motifs is 2. The van der Waals surface area contributed by atoms with Crippen LogP contribution in [0.5, 0.6) is 0 Å². The Kier molecular flexibility index (Phi) is 3.88. The predicted octanol–water partition coefficient (Wildman–Crippen LogP) is 0.987. The van der Waals surface area contributed by atoms with E-state index < -0.39 is 0 Å². The first-order chi connectivity index (χ1) is 5.70. The molecule has 0 aromatic heterocycles. The van der Waals surface area contributed by atoms with Crippen molar-refractivity contribution < 1.29 is 45.3 Å². The Morgan fingerprint density at radius 1 is 1.62 bits per heavy atom. The van der Waals surface area contributed by atoms with E-state index in [1.807, 2.05) is 6.92 Å². The first-order valence-corrected chi connectivity index (χ1v) is 4.36. The molecule has 0 spiro atoms. The number of methoxy groups -OCH3 is 1. The zero-order valence-corrected chi connectivity index (χ0v) is 12.4. The minimum atomic E-state index is -0.223. The summed E-state index contributed by atoms with van der Waals surface area (Å²) in [6.45, 7) is 6.63. The Bertz CT molecular complexity index is 178. The molecule has 74 valence electrons. The molecular formula is C9H15O3U-. The van der Waals surface area contributed by atoms with Crippen LogP contribution < -0.4 is 0 Å². The summed E-state index contributed by atoms with van der Waals surface area (Å²) < 4.78 is 16.5. The molecule has 13 heavy (non-hydrogen) atoms. The molecule has 4 heteroatoms. The average molecular weight is 409 g/mol. The topological polar surface area (TPSA) is 27.7 Å². The summed E-state index contributed by atoms with van der Waals surface area (Å²) in [5.41, 5.74) is -0.223. The number of hydrogen-bond donors (Lipinski definition) is 0.